The molecule has 1 amide bonds. The lowest BCUT2D eigenvalue weighted by molar-refractivity contribution is 0.134. The Morgan fingerprint density at radius 1 is 1.44 bits per heavy atom. The Kier molecular flexibility index (Phi) is 5.01. The van der Waals surface area contributed by atoms with Crippen LogP contribution in [0, 0.1) is 0 Å². The van der Waals surface area contributed by atoms with E-state index >= 15 is 0 Å². The van der Waals surface area contributed by atoms with Gasteiger partial charge < -0.3 is 4.74 Å². The molecule has 16 heavy (non-hydrogen) atoms. The molecule has 0 aliphatic rings. The third-order valence-corrected chi connectivity index (χ3v) is 1.78. The summed E-state index contributed by atoms with van der Waals surface area (Å²) in [6.45, 7) is 1.75. The molecule has 0 spiro atoms. The van der Waals surface area contributed by atoms with Crippen molar-refractivity contribution in [3.63, 3.8) is 0 Å². The zero-order chi connectivity index (χ0) is 11.8. The van der Waals surface area contributed by atoms with Crippen molar-refractivity contribution in [1.29, 1.82) is 0 Å². The second-order valence-electron chi connectivity index (χ2n) is 3.17. The van der Waals surface area contributed by atoms with Gasteiger partial charge in [-0.3, -0.25) is 10.2 Å². The molecule has 0 aliphatic carbocycles. The van der Waals surface area contributed by atoms with E-state index in [1.54, 1.807) is 13.2 Å². The van der Waals surface area contributed by atoms with Crippen LogP contribution in [0.15, 0.2) is 30.3 Å². The SMILES string of the molecule is C[C@H]([C]=O)NNC(=O)OCc1ccccc1. The molecule has 85 valence electrons. The first-order valence-corrected chi connectivity index (χ1v) is 4.82. The highest BCUT2D eigenvalue weighted by Crippen LogP contribution is 1.99. The molecule has 0 aromatic heterocycles. The average molecular weight is 221 g/mol. The van der Waals surface area contributed by atoms with Gasteiger partial charge in [-0.1, -0.05) is 30.3 Å². The summed E-state index contributed by atoms with van der Waals surface area (Å²) in [4.78, 5) is 21.2. The van der Waals surface area contributed by atoms with Crippen LogP contribution < -0.4 is 10.9 Å². The van der Waals surface area contributed by atoms with Gasteiger partial charge in [-0.15, -0.1) is 0 Å². The number of carbonyl (C=O) groups is 1. The highest BCUT2D eigenvalue weighted by Gasteiger charge is 2.04. The van der Waals surface area contributed by atoms with Gasteiger partial charge in [0.15, 0.2) is 0 Å². The highest BCUT2D eigenvalue weighted by atomic mass is 16.6. The highest BCUT2D eigenvalue weighted by molar-refractivity contribution is 5.67. The van der Waals surface area contributed by atoms with E-state index in [0.29, 0.717) is 0 Å². The molecule has 0 saturated heterocycles. The van der Waals surface area contributed by atoms with E-state index in [9.17, 15) is 9.59 Å². The van der Waals surface area contributed by atoms with Crippen LogP contribution in [0.3, 0.4) is 0 Å². The molecule has 0 fully saturated rings. The largest absolute Gasteiger partial charge is 0.444 e. The predicted octanol–water partition coefficient (Wildman–Crippen LogP) is 0.916. The van der Waals surface area contributed by atoms with Crippen molar-refractivity contribution in [2.24, 2.45) is 0 Å². The first-order valence-electron chi connectivity index (χ1n) is 4.82. The third kappa shape index (κ3) is 4.56. The maximum absolute atomic E-state index is 11.1. The van der Waals surface area contributed by atoms with Crippen molar-refractivity contribution in [3.05, 3.63) is 35.9 Å². The number of ether oxygens (including phenoxy) is 1. The number of amides is 1. The number of benzene rings is 1. The Balaban J connectivity index is 2.23. The number of carbonyl (C=O) groups excluding carboxylic acids is 2. The fourth-order valence-electron chi connectivity index (χ4n) is 0.956. The molecule has 1 aromatic carbocycles. The number of hydrogen-bond acceptors (Lipinski definition) is 4. The molecular weight excluding hydrogens is 208 g/mol. The summed E-state index contributed by atoms with van der Waals surface area (Å²) >= 11 is 0. The summed E-state index contributed by atoms with van der Waals surface area (Å²) in [7, 11) is 0. The summed E-state index contributed by atoms with van der Waals surface area (Å²) in [5.41, 5.74) is 5.55. The van der Waals surface area contributed by atoms with E-state index in [4.69, 9.17) is 4.74 Å². The van der Waals surface area contributed by atoms with E-state index in [2.05, 4.69) is 10.9 Å². The van der Waals surface area contributed by atoms with Gasteiger partial charge in [0.05, 0.1) is 6.04 Å². The Morgan fingerprint density at radius 3 is 2.75 bits per heavy atom. The predicted molar refractivity (Wildman–Crippen MR) is 58.1 cm³/mol. The molecule has 0 saturated carbocycles. The topological polar surface area (TPSA) is 67.4 Å². The van der Waals surface area contributed by atoms with Crippen LogP contribution in [0.1, 0.15) is 12.5 Å². The zero-order valence-corrected chi connectivity index (χ0v) is 8.90. The molecule has 5 heteroatoms. The maximum atomic E-state index is 11.1. The van der Waals surface area contributed by atoms with E-state index in [0.717, 1.165) is 5.56 Å². The molecule has 1 aromatic rings. The third-order valence-electron chi connectivity index (χ3n) is 1.78. The first kappa shape index (κ1) is 12.2. The second-order valence-corrected chi connectivity index (χ2v) is 3.17. The fraction of sp³-hybridized carbons (Fsp3) is 0.273. The van der Waals surface area contributed by atoms with Crippen LogP contribution in [0.4, 0.5) is 4.79 Å². The number of rotatable bonds is 5. The van der Waals surface area contributed by atoms with E-state index in [1.165, 1.54) is 0 Å². The van der Waals surface area contributed by atoms with Gasteiger partial charge in [-0.2, -0.15) is 0 Å². The fourth-order valence-corrected chi connectivity index (χ4v) is 0.956. The molecule has 5 nitrogen and oxygen atoms in total. The quantitative estimate of drug-likeness (QED) is 0.725. The molecule has 0 aliphatic heterocycles. The Hall–Kier alpha value is -1.88. The van der Waals surface area contributed by atoms with Crippen molar-refractivity contribution in [2.45, 2.75) is 19.6 Å². The van der Waals surface area contributed by atoms with Crippen LogP contribution in [0.25, 0.3) is 0 Å². The van der Waals surface area contributed by atoms with Gasteiger partial charge in [0, 0.05) is 0 Å². The van der Waals surface area contributed by atoms with Gasteiger partial charge in [0.2, 0.25) is 6.29 Å². The molecule has 0 bridgehead atoms. The van der Waals surface area contributed by atoms with E-state index in [-0.39, 0.29) is 6.61 Å². The minimum Gasteiger partial charge on any atom is -0.444 e. The summed E-state index contributed by atoms with van der Waals surface area (Å²) in [5, 5.41) is 0. The molecular formula is C11H13N2O3. The molecule has 1 rings (SSSR count). The van der Waals surface area contributed by atoms with E-state index in [1.807, 2.05) is 30.3 Å². The number of hydrogen-bond donors (Lipinski definition) is 2. The second kappa shape index (κ2) is 6.58. The summed E-state index contributed by atoms with van der Waals surface area (Å²) < 4.78 is 4.88. The van der Waals surface area contributed by atoms with E-state index < -0.39 is 12.1 Å². The van der Waals surface area contributed by atoms with Crippen molar-refractivity contribution in [1.82, 2.24) is 10.9 Å². The number of hydrazine groups is 1. The summed E-state index contributed by atoms with van der Waals surface area (Å²) in [6, 6.07) is 8.73. The lowest BCUT2D eigenvalue weighted by Crippen LogP contribution is -2.43. The van der Waals surface area contributed by atoms with Gasteiger partial charge in [0.1, 0.15) is 6.61 Å². The van der Waals surface area contributed by atoms with Crippen molar-refractivity contribution >= 4 is 12.4 Å². The van der Waals surface area contributed by atoms with Crippen LogP contribution >= 0.6 is 0 Å². The Labute approximate surface area is 93.8 Å². The zero-order valence-electron chi connectivity index (χ0n) is 8.90. The molecule has 2 N–H and O–H groups in total. The van der Waals surface area contributed by atoms with Crippen molar-refractivity contribution in [2.75, 3.05) is 0 Å². The van der Waals surface area contributed by atoms with Crippen molar-refractivity contribution in [3.8, 4) is 0 Å². The minimum atomic E-state index is -0.633. The lowest BCUT2D eigenvalue weighted by Gasteiger charge is -2.09. The average Bonchev–Trinajstić information content (AvgIpc) is 2.34. The lowest BCUT2D eigenvalue weighted by atomic mass is 10.2. The van der Waals surface area contributed by atoms with Gasteiger partial charge >= 0.3 is 6.09 Å². The minimum absolute atomic E-state index is 0.188. The first-order chi connectivity index (χ1) is 7.72. The van der Waals surface area contributed by atoms with Crippen LogP contribution in [0.2, 0.25) is 0 Å². The molecule has 0 unspecified atom stereocenters. The van der Waals surface area contributed by atoms with Gasteiger partial charge in [0.25, 0.3) is 0 Å². The van der Waals surface area contributed by atoms with Crippen molar-refractivity contribution < 1.29 is 14.3 Å². The Morgan fingerprint density at radius 2 is 2.12 bits per heavy atom. The monoisotopic (exact) mass is 221 g/mol. The van der Waals surface area contributed by atoms with Crippen LogP contribution in [-0.4, -0.2) is 18.4 Å². The maximum Gasteiger partial charge on any atom is 0.421 e. The summed E-state index contributed by atoms with van der Waals surface area (Å²) in [6.07, 6.45) is 1.03. The van der Waals surface area contributed by atoms with Crippen LogP contribution in [-0.2, 0) is 16.1 Å². The standard InChI is InChI=1S/C11H13N2O3/c1-9(7-14)12-13-11(15)16-8-10-5-3-2-4-6-10/h2-6,9,12H,8H2,1H3,(H,13,15)/t9-/m1/s1. The van der Waals surface area contributed by atoms with Crippen LogP contribution in [0.5, 0.6) is 0 Å². The Bertz CT molecular complexity index is 340. The normalized spacial score (nSPS) is 11.6. The molecule has 0 heterocycles. The smallest absolute Gasteiger partial charge is 0.421 e. The van der Waals surface area contributed by atoms with Gasteiger partial charge in [-0.25, -0.2) is 10.2 Å². The van der Waals surface area contributed by atoms with Gasteiger partial charge in [-0.05, 0) is 12.5 Å². The summed E-state index contributed by atoms with van der Waals surface area (Å²) in [5.74, 6) is 0. The molecule has 1 atom stereocenters. The number of nitrogens with one attached hydrogen (secondary N) is 2. The molecule has 1 radical (unpaired) electrons.